The van der Waals surface area contributed by atoms with Gasteiger partial charge in [0.1, 0.15) is 16.6 Å². The maximum Gasteiger partial charge on any atom is 0.318 e. The number of ether oxygens (including phenoxy) is 1. The van der Waals surface area contributed by atoms with E-state index in [0.717, 1.165) is 11.1 Å². The normalized spacial score (nSPS) is 12.3. The Balaban J connectivity index is 2.01. The van der Waals surface area contributed by atoms with Gasteiger partial charge in [-0.15, -0.1) is 0 Å². The maximum atomic E-state index is 11.6. The van der Waals surface area contributed by atoms with Crippen molar-refractivity contribution in [3.63, 3.8) is 0 Å². The zero-order chi connectivity index (χ0) is 15.5. The van der Waals surface area contributed by atoms with Crippen LogP contribution in [0.3, 0.4) is 0 Å². The molecule has 0 saturated carbocycles. The predicted molar refractivity (Wildman–Crippen MR) is 84.0 cm³/mol. The summed E-state index contributed by atoms with van der Waals surface area (Å²) < 4.78 is 6.50. The van der Waals surface area contributed by atoms with Crippen LogP contribution in [0.1, 0.15) is 6.92 Å². The minimum Gasteiger partial charge on any atom is -0.468 e. The maximum absolute atomic E-state index is 11.6. The van der Waals surface area contributed by atoms with E-state index in [1.54, 1.807) is 17.8 Å². The van der Waals surface area contributed by atoms with Gasteiger partial charge in [0.2, 0.25) is 0 Å². The number of rotatable bonds is 4. The number of fused-ring (bicyclic) bond motifs is 1. The molecule has 0 amide bonds. The summed E-state index contributed by atoms with van der Waals surface area (Å²) in [7, 11) is 1.38. The van der Waals surface area contributed by atoms with Crippen molar-refractivity contribution in [3.05, 3.63) is 42.9 Å². The number of methoxy groups -OCH3 is 1. The molecule has 0 bridgehead atoms. The van der Waals surface area contributed by atoms with Crippen molar-refractivity contribution in [2.24, 2.45) is 0 Å². The molecule has 6 nitrogen and oxygen atoms in total. The van der Waals surface area contributed by atoms with Gasteiger partial charge in [0.25, 0.3) is 0 Å². The van der Waals surface area contributed by atoms with Gasteiger partial charge in [-0.05, 0) is 19.1 Å². The zero-order valence-corrected chi connectivity index (χ0v) is 12.9. The summed E-state index contributed by atoms with van der Waals surface area (Å²) in [4.78, 5) is 20.1. The molecule has 0 radical (unpaired) electrons. The Morgan fingerprint density at radius 3 is 2.77 bits per heavy atom. The van der Waals surface area contributed by atoms with Gasteiger partial charge in [-0.1, -0.05) is 30.0 Å². The van der Waals surface area contributed by atoms with E-state index in [9.17, 15) is 4.79 Å². The molecule has 0 aliphatic carbocycles. The first-order valence-electron chi connectivity index (χ1n) is 6.69. The number of esters is 1. The van der Waals surface area contributed by atoms with Gasteiger partial charge >= 0.3 is 5.97 Å². The lowest BCUT2D eigenvalue weighted by molar-refractivity contribution is -0.139. The zero-order valence-electron chi connectivity index (χ0n) is 12.1. The van der Waals surface area contributed by atoms with E-state index >= 15 is 0 Å². The lowest BCUT2D eigenvalue weighted by Gasteiger charge is -2.08. The van der Waals surface area contributed by atoms with Crippen LogP contribution in [0.25, 0.3) is 16.7 Å². The Labute approximate surface area is 131 Å². The average molecular weight is 314 g/mol. The molecular formula is C15H14N4O2S. The number of para-hydroxylation sites is 1. The van der Waals surface area contributed by atoms with Crippen LogP contribution in [-0.2, 0) is 9.53 Å². The van der Waals surface area contributed by atoms with Crippen molar-refractivity contribution >= 4 is 28.8 Å². The molecule has 1 atom stereocenters. The number of hydrogen-bond donors (Lipinski definition) is 0. The minimum absolute atomic E-state index is 0.285. The molecular weight excluding hydrogens is 300 g/mol. The molecule has 0 aliphatic rings. The molecule has 1 aromatic carbocycles. The van der Waals surface area contributed by atoms with E-state index in [2.05, 4.69) is 15.1 Å². The highest BCUT2D eigenvalue weighted by atomic mass is 32.2. The Bertz CT molecular complexity index is 804. The van der Waals surface area contributed by atoms with Crippen LogP contribution in [-0.4, -0.2) is 38.1 Å². The van der Waals surface area contributed by atoms with Gasteiger partial charge in [-0.25, -0.2) is 14.6 Å². The van der Waals surface area contributed by atoms with E-state index in [1.165, 1.54) is 25.2 Å². The number of aromatic nitrogens is 4. The summed E-state index contributed by atoms with van der Waals surface area (Å²) in [5, 5.41) is 5.56. The van der Waals surface area contributed by atoms with E-state index < -0.39 is 0 Å². The quantitative estimate of drug-likeness (QED) is 0.418. The number of carbonyl (C=O) groups excluding carboxylic acids is 1. The summed E-state index contributed by atoms with van der Waals surface area (Å²) >= 11 is 1.34. The van der Waals surface area contributed by atoms with Gasteiger partial charge in [-0.3, -0.25) is 4.79 Å². The SMILES string of the molecule is COC(=O)[C@H](C)Sc1ncnc2c1cnn2-c1ccccc1. The van der Waals surface area contributed by atoms with Crippen LogP contribution in [0, 0.1) is 0 Å². The first kappa shape index (κ1) is 14.5. The summed E-state index contributed by atoms with van der Waals surface area (Å²) in [6.45, 7) is 1.78. The van der Waals surface area contributed by atoms with E-state index in [-0.39, 0.29) is 11.2 Å². The molecule has 2 heterocycles. The van der Waals surface area contributed by atoms with Crippen molar-refractivity contribution < 1.29 is 9.53 Å². The third-order valence-electron chi connectivity index (χ3n) is 3.15. The molecule has 3 rings (SSSR count). The van der Waals surface area contributed by atoms with Gasteiger partial charge in [0.15, 0.2) is 5.65 Å². The van der Waals surface area contributed by atoms with Crippen molar-refractivity contribution in [1.29, 1.82) is 0 Å². The van der Waals surface area contributed by atoms with Gasteiger partial charge in [-0.2, -0.15) is 5.10 Å². The lowest BCUT2D eigenvalue weighted by atomic mass is 10.3. The Morgan fingerprint density at radius 2 is 2.05 bits per heavy atom. The van der Waals surface area contributed by atoms with Crippen LogP contribution < -0.4 is 0 Å². The number of nitrogens with zero attached hydrogens (tertiary/aromatic N) is 4. The standard InChI is InChI=1S/C15H14N4O2S/c1-10(15(20)21-2)22-14-12-8-18-19(13(12)16-9-17-14)11-6-4-3-5-7-11/h3-10H,1-2H3/t10-/m0/s1. The van der Waals surface area contributed by atoms with Gasteiger partial charge < -0.3 is 4.74 Å². The topological polar surface area (TPSA) is 69.9 Å². The fourth-order valence-electron chi connectivity index (χ4n) is 2.06. The fraction of sp³-hybridized carbons (Fsp3) is 0.200. The summed E-state index contributed by atoms with van der Waals surface area (Å²) in [5.74, 6) is -0.285. The molecule has 112 valence electrons. The fourth-order valence-corrected chi connectivity index (χ4v) is 2.96. The van der Waals surface area contributed by atoms with E-state index in [0.29, 0.717) is 10.7 Å². The smallest absolute Gasteiger partial charge is 0.318 e. The van der Waals surface area contributed by atoms with Crippen molar-refractivity contribution in [2.75, 3.05) is 7.11 Å². The van der Waals surface area contributed by atoms with Crippen molar-refractivity contribution in [1.82, 2.24) is 19.7 Å². The second-order valence-electron chi connectivity index (χ2n) is 4.59. The molecule has 2 aromatic heterocycles. The Hall–Kier alpha value is -2.41. The number of benzene rings is 1. The van der Waals surface area contributed by atoms with Crippen LogP contribution in [0.15, 0.2) is 47.9 Å². The second-order valence-corrected chi connectivity index (χ2v) is 5.92. The van der Waals surface area contributed by atoms with E-state index in [1.807, 2.05) is 30.3 Å². The van der Waals surface area contributed by atoms with E-state index in [4.69, 9.17) is 4.74 Å². The highest BCUT2D eigenvalue weighted by Crippen LogP contribution is 2.29. The highest BCUT2D eigenvalue weighted by Gasteiger charge is 2.19. The average Bonchev–Trinajstić information content (AvgIpc) is 3.00. The predicted octanol–water partition coefficient (Wildman–Crippen LogP) is 2.47. The molecule has 0 fully saturated rings. The molecule has 0 saturated heterocycles. The van der Waals surface area contributed by atoms with Gasteiger partial charge in [0, 0.05) is 0 Å². The lowest BCUT2D eigenvalue weighted by Crippen LogP contribution is -2.14. The summed E-state index contributed by atoms with van der Waals surface area (Å²) in [6, 6.07) is 9.75. The van der Waals surface area contributed by atoms with Crippen LogP contribution in [0.2, 0.25) is 0 Å². The largest absolute Gasteiger partial charge is 0.468 e. The number of carbonyl (C=O) groups is 1. The molecule has 22 heavy (non-hydrogen) atoms. The first-order valence-corrected chi connectivity index (χ1v) is 7.57. The first-order chi connectivity index (χ1) is 10.7. The molecule has 0 N–H and O–H groups in total. The van der Waals surface area contributed by atoms with Crippen molar-refractivity contribution in [2.45, 2.75) is 17.2 Å². The van der Waals surface area contributed by atoms with Crippen LogP contribution in [0.5, 0.6) is 0 Å². The minimum atomic E-state index is -0.344. The van der Waals surface area contributed by atoms with Crippen LogP contribution >= 0.6 is 11.8 Å². The summed E-state index contributed by atoms with van der Waals surface area (Å²) in [6.07, 6.45) is 3.20. The molecule has 0 spiro atoms. The van der Waals surface area contributed by atoms with Crippen LogP contribution in [0.4, 0.5) is 0 Å². The molecule has 0 aliphatic heterocycles. The summed E-state index contributed by atoms with van der Waals surface area (Å²) in [5.41, 5.74) is 1.63. The van der Waals surface area contributed by atoms with Gasteiger partial charge in [0.05, 0.1) is 24.4 Å². The Kier molecular flexibility index (Phi) is 4.06. The third kappa shape index (κ3) is 2.67. The molecule has 3 aromatic rings. The molecule has 7 heteroatoms. The third-order valence-corrected chi connectivity index (χ3v) is 4.25. The van der Waals surface area contributed by atoms with Crippen molar-refractivity contribution in [3.8, 4) is 5.69 Å². The number of hydrogen-bond acceptors (Lipinski definition) is 6. The Morgan fingerprint density at radius 1 is 1.27 bits per heavy atom. The number of thioether (sulfide) groups is 1. The highest BCUT2D eigenvalue weighted by molar-refractivity contribution is 8.00. The monoisotopic (exact) mass is 314 g/mol. The second kappa shape index (κ2) is 6.15. The molecule has 0 unspecified atom stereocenters.